The maximum Gasteiger partial charge on any atom is 0.240 e. The summed E-state index contributed by atoms with van der Waals surface area (Å²) in [6, 6.07) is 13.1. The van der Waals surface area contributed by atoms with Crippen molar-refractivity contribution in [3.05, 3.63) is 42.5 Å². The van der Waals surface area contributed by atoms with E-state index in [2.05, 4.69) is 10.0 Å². The average molecular weight is 290 g/mol. The van der Waals surface area contributed by atoms with Crippen LogP contribution < -0.4 is 10.0 Å². The summed E-state index contributed by atoms with van der Waals surface area (Å²) in [6.45, 7) is 1.73. The highest BCUT2D eigenvalue weighted by Gasteiger charge is 2.21. The van der Waals surface area contributed by atoms with E-state index >= 15 is 0 Å². The predicted octanol–water partition coefficient (Wildman–Crippen LogP) is 1.87. The summed E-state index contributed by atoms with van der Waals surface area (Å²) in [5.74, 6) is 0. The molecule has 2 aromatic carbocycles. The second-order valence-electron chi connectivity index (χ2n) is 5.15. The third kappa shape index (κ3) is 2.85. The lowest BCUT2D eigenvalue weighted by Crippen LogP contribution is -2.42. The van der Waals surface area contributed by atoms with Gasteiger partial charge in [0, 0.05) is 6.04 Å². The van der Waals surface area contributed by atoms with E-state index in [1.807, 2.05) is 30.3 Å². The Balaban J connectivity index is 1.88. The summed E-state index contributed by atoms with van der Waals surface area (Å²) >= 11 is 0. The summed E-state index contributed by atoms with van der Waals surface area (Å²) in [7, 11) is -3.43. The molecule has 0 spiro atoms. The van der Waals surface area contributed by atoms with Crippen molar-refractivity contribution in [1.82, 2.24) is 10.0 Å². The second kappa shape index (κ2) is 5.52. The molecule has 0 bridgehead atoms. The van der Waals surface area contributed by atoms with Crippen LogP contribution in [0.2, 0.25) is 0 Å². The van der Waals surface area contributed by atoms with E-state index < -0.39 is 10.0 Å². The molecule has 0 amide bonds. The molecule has 1 fully saturated rings. The Hall–Kier alpha value is -1.43. The van der Waals surface area contributed by atoms with Gasteiger partial charge in [-0.2, -0.15) is 0 Å². The number of piperidine rings is 1. The zero-order chi connectivity index (χ0) is 14.0. The zero-order valence-electron chi connectivity index (χ0n) is 11.2. The number of hydrogen-bond donors (Lipinski definition) is 2. The molecule has 0 atom stereocenters. The standard InChI is InChI=1S/C15H18N2O2S/c18-20(19,17-14-7-9-16-10-8-14)15-6-5-12-3-1-2-4-13(12)11-15/h1-6,11,14,16-17H,7-10H2. The summed E-state index contributed by atoms with van der Waals surface area (Å²) < 4.78 is 27.6. The minimum Gasteiger partial charge on any atom is -0.317 e. The number of nitrogens with one attached hydrogen (secondary N) is 2. The number of hydrogen-bond acceptors (Lipinski definition) is 3. The average Bonchev–Trinajstić information content (AvgIpc) is 2.47. The van der Waals surface area contributed by atoms with Crippen LogP contribution in [0.1, 0.15) is 12.8 Å². The lowest BCUT2D eigenvalue weighted by atomic mass is 10.1. The van der Waals surface area contributed by atoms with E-state index in [0.29, 0.717) is 4.90 Å². The minimum absolute atomic E-state index is 0.0349. The normalized spacial score (nSPS) is 17.4. The number of sulfonamides is 1. The van der Waals surface area contributed by atoms with Crippen LogP contribution in [0.25, 0.3) is 10.8 Å². The molecule has 2 aromatic rings. The molecule has 2 N–H and O–H groups in total. The fourth-order valence-corrected chi connectivity index (χ4v) is 3.90. The third-order valence-corrected chi connectivity index (χ3v) is 5.21. The van der Waals surface area contributed by atoms with Crippen molar-refractivity contribution >= 4 is 20.8 Å². The molecule has 0 saturated carbocycles. The molecule has 20 heavy (non-hydrogen) atoms. The molecule has 1 aliphatic heterocycles. The monoisotopic (exact) mass is 290 g/mol. The molecule has 0 unspecified atom stereocenters. The summed E-state index contributed by atoms with van der Waals surface area (Å²) in [4.78, 5) is 0.342. The van der Waals surface area contributed by atoms with Crippen LogP contribution in [0, 0.1) is 0 Å². The van der Waals surface area contributed by atoms with Crippen molar-refractivity contribution in [2.45, 2.75) is 23.8 Å². The zero-order valence-corrected chi connectivity index (χ0v) is 12.0. The first-order chi connectivity index (χ1) is 9.65. The molecule has 0 radical (unpaired) electrons. The highest BCUT2D eigenvalue weighted by molar-refractivity contribution is 7.89. The van der Waals surface area contributed by atoms with Crippen molar-refractivity contribution in [1.29, 1.82) is 0 Å². The predicted molar refractivity (Wildman–Crippen MR) is 80.2 cm³/mol. The van der Waals surface area contributed by atoms with E-state index in [0.717, 1.165) is 36.7 Å². The van der Waals surface area contributed by atoms with Gasteiger partial charge in [-0.05, 0) is 48.8 Å². The van der Waals surface area contributed by atoms with Crippen molar-refractivity contribution < 1.29 is 8.42 Å². The van der Waals surface area contributed by atoms with E-state index in [4.69, 9.17) is 0 Å². The first-order valence-corrected chi connectivity index (χ1v) is 8.35. The van der Waals surface area contributed by atoms with Gasteiger partial charge in [-0.15, -0.1) is 0 Å². The molecule has 5 heteroatoms. The number of rotatable bonds is 3. The minimum atomic E-state index is -3.43. The van der Waals surface area contributed by atoms with Gasteiger partial charge in [0.15, 0.2) is 0 Å². The van der Waals surface area contributed by atoms with Gasteiger partial charge >= 0.3 is 0 Å². The van der Waals surface area contributed by atoms with E-state index in [1.165, 1.54) is 0 Å². The first-order valence-electron chi connectivity index (χ1n) is 6.87. The smallest absolute Gasteiger partial charge is 0.240 e. The Morgan fingerprint density at radius 3 is 2.45 bits per heavy atom. The van der Waals surface area contributed by atoms with Crippen LogP contribution in [-0.2, 0) is 10.0 Å². The van der Waals surface area contributed by atoms with Gasteiger partial charge in [0.05, 0.1) is 4.90 Å². The molecule has 3 rings (SSSR count). The molecule has 1 heterocycles. The number of benzene rings is 2. The van der Waals surface area contributed by atoms with Crippen molar-refractivity contribution in [2.75, 3.05) is 13.1 Å². The fourth-order valence-electron chi connectivity index (χ4n) is 2.56. The molecule has 0 aromatic heterocycles. The summed E-state index contributed by atoms with van der Waals surface area (Å²) in [5.41, 5.74) is 0. The van der Waals surface area contributed by atoms with Crippen molar-refractivity contribution in [3.8, 4) is 0 Å². The molecular formula is C15H18N2O2S. The molecular weight excluding hydrogens is 272 g/mol. The van der Waals surface area contributed by atoms with Crippen LogP contribution in [-0.4, -0.2) is 27.5 Å². The Bertz CT molecular complexity index is 707. The molecule has 4 nitrogen and oxygen atoms in total. The van der Waals surface area contributed by atoms with Crippen LogP contribution in [0.5, 0.6) is 0 Å². The highest BCUT2D eigenvalue weighted by Crippen LogP contribution is 2.19. The maximum absolute atomic E-state index is 12.4. The molecule has 1 saturated heterocycles. The lowest BCUT2D eigenvalue weighted by molar-refractivity contribution is 0.427. The Kier molecular flexibility index (Phi) is 3.74. The molecule has 106 valence electrons. The van der Waals surface area contributed by atoms with Crippen LogP contribution in [0.3, 0.4) is 0 Å². The van der Waals surface area contributed by atoms with E-state index in [1.54, 1.807) is 12.1 Å². The summed E-state index contributed by atoms with van der Waals surface area (Å²) in [6.07, 6.45) is 1.68. The van der Waals surface area contributed by atoms with Crippen molar-refractivity contribution in [2.24, 2.45) is 0 Å². The van der Waals surface area contributed by atoms with Gasteiger partial charge in [0.25, 0.3) is 0 Å². The van der Waals surface area contributed by atoms with E-state index in [-0.39, 0.29) is 6.04 Å². The molecule has 0 aliphatic carbocycles. The van der Waals surface area contributed by atoms with Gasteiger partial charge < -0.3 is 5.32 Å². The van der Waals surface area contributed by atoms with Crippen LogP contribution in [0.15, 0.2) is 47.4 Å². The van der Waals surface area contributed by atoms with E-state index in [9.17, 15) is 8.42 Å². The Morgan fingerprint density at radius 2 is 1.70 bits per heavy atom. The van der Waals surface area contributed by atoms with Gasteiger partial charge in [-0.1, -0.05) is 30.3 Å². The van der Waals surface area contributed by atoms with Crippen molar-refractivity contribution in [3.63, 3.8) is 0 Å². The van der Waals surface area contributed by atoms with Gasteiger partial charge in [-0.3, -0.25) is 0 Å². The SMILES string of the molecule is O=S(=O)(NC1CCNCC1)c1ccc2ccccc2c1. The first kappa shape index (κ1) is 13.5. The number of fused-ring (bicyclic) bond motifs is 1. The van der Waals surface area contributed by atoms with Gasteiger partial charge in [0.2, 0.25) is 10.0 Å². The van der Waals surface area contributed by atoms with Gasteiger partial charge in [0.1, 0.15) is 0 Å². The maximum atomic E-state index is 12.4. The lowest BCUT2D eigenvalue weighted by Gasteiger charge is -2.23. The van der Waals surface area contributed by atoms with Crippen LogP contribution >= 0.6 is 0 Å². The third-order valence-electron chi connectivity index (χ3n) is 3.69. The largest absolute Gasteiger partial charge is 0.317 e. The quantitative estimate of drug-likeness (QED) is 0.907. The topological polar surface area (TPSA) is 58.2 Å². The Morgan fingerprint density at radius 1 is 1.00 bits per heavy atom. The van der Waals surface area contributed by atoms with Gasteiger partial charge in [-0.25, -0.2) is 13.1 Å². The highest BCUT2D eigenvalue weighted by atomic mass is 32.2. The molecule has 1 aliphatic rings. The van der Waals surface area contributed by atoms with Crippen LogP contribution in [0.4, 0.5) is 0 Å². The second-order valence-corrected chi connectivity index (χ2v) is 6.87. The summed E-state index contributed by atoms with van der Waals surface area (Å²) in [5, 5.41) is 5.22. The fraction of sp³-hybridized carbons (Fsp3) is 0.333. The Labute approximate surface area is 119 Å².